The molecule has 4 nitrogen and oxygen atoms in total. The van der Waals surface area contributed by atoms with E-state index >= 15 is 0 Å². The second-order valence-electron chi connectivity index (χ2n) is 3.90. The second kappa shape index (κ2) is 5.70. The minimum atomic E-state index is -3.31. The Kier molecular flexibility index (Phi) is 4.83. The largest absolute Gasteiger partial charge is 0.468 e. The maximum absolute atomic E-state index is 11.7. The van der Waals surface area contributed by atoms with Crippen LogP contribution in [0.5, 0.6) is 0 Å². The van der Waals surface area contributed by atoms with Crippen molar-refractivity contribution < 1.29 is 12.8 Å². The average molecular weight is 266 g/mol. The fourth-order valence-electron chi connectivity index (χ4n) is 1.33. The molecule has 1 aromatic heterocycles. The maximum Gasteiger partial charge on any atom is 0.212 e. The Bertz CT molecular complexity index is 402. The van der Waals surface area contributed by atoms with E-state index < -0.39 is 10.0 Å². The van der Waals surface area contributed by atoms with Gasteiger partial charge in [-0.05, 0) is 25.0 Å². The third kappa shape index (κ3) is 4.15. The first kappa shape index (κ1) is 13.5. The normalized spacial score (nSPS) is 15.9. The minimum Gasteiger partial charge on any atom is -0.468 e. The van der Waals surface area contributed by atoms with E-state index in [0.717, 1.165) is 0 Å². The third-order valence-corrected chi connectivity index (χ3v) is 4.34. The summed E-state index contributed by atoms with van der Waals surface area (Å²) >= 11 is 5.58. The first-order chi connectivity index (χ1) is 7.44. The van der Waals surface area contributed by atoms with Crippen LogP contribution in [0.1, 0.15) is 25.6 Å². The van der Waals surface area contributed by atoms with Gasteiger partial charge >= 0.3 is 0 Å². The highest BCUT2D eigenvalue weighted by Gasteiger charge is 2.19. The molecule has 0 aliphatic rings. The van der Waals surface area contributed by atoms with Gasteiger partial charge in [0.25, 0.3) is 0 Å². The fourth-order valence-corrected chi connectivity index (χ4v) is 3.19. The van der Waals surface area contributed by atoms with E-state index in [0.29, 0.717) is 11.6 Å². The molecule has 0 aliphatic carbocycles. The summed E-state index contributed by atoms with van der Waals surface area (Å²) in [5.41, 5.74) is 0. The summed E-state index contributed by atoms with van der Waals surface area (Å²) in [6.07, 6.45) is 1.52. The number of halogens is 1. The highest BCUT2D eigenvalue weighted by molar-refractivity contribution is 7.89. The van der Waals surface area contributed by atoms with Crippen LogP contribution in [0.2, 0.25) is 0 Å². The van der Waals surface area contributed by atoms with Crippen molar-refractivity contribution in [1.82, 2.24) is 4.72 Å². The predicted molar refractivity (Wildman–Crippen MR) is 63.9 cm³/mol. The van der Waals surface area contributed by atoms with E-state index in [1.165, 1.54) is 6.26 Å². The number of rotatable bonds is 6. The van der Waals surface area contributed by atoms with Crippen LogP contribution in [0.15, 0.2) is 22.8 Å². The third-order valence-electron chi connectivity index (χ3n) is 2.09. The lowest BCUT2D eigenvalue weighted by atomic mass is 10.3. The molecular weight excluding hydrogens is 250 g/mol. The molecule has 0 spiro atoms. The monoisotopic (exact) mass is 265 g/mol. The Hall–Kier alpha value is -0.520. The van der Waals surface area contributed by atoms with Crippen LogP contribution in [0, 0.1) is 5.92 Å². The number of hydrogen-bond donors (Lipinski definition) is 1. The predicted octanol–water partition coefficient (Wildman–Crippen LogP) is 2.13. The van der Waals surface area contributed by atoms with Gasteiger partial charge in [-0.3, -0.25) is 0 Å². The van der Waals surface area contributed by atoms with Crippen LogP contribution in [-0.4, -0.2) is 20.1 Å². The Morgan fingerprint density at radius 3 is 2.69 bits per heavy atom. The van der Waals surface area contributed by atoms with Crippen LogP contribution >= 0.6 is 11.6 Å². The van der Waals surface area contributed by atoms with E-state index in [9.17, 15) is 8.42 Å². The number of furan rings is 1. The molecule has 1 N–H and O–H groups in total. The molecule has 0 aliphatic heterocycles. The number of alkyl halides is 1. The Morgan fingerprint density at radius 1 is 1.50 bits per heavy atom. The Balaban J connectivity index is 2.59. The standard InChI is InChI=1S/C10H16ClNO3S/c1-8(6-11)7-16(13,14)12-9(2)10-4-3-5-15-10/h3-5,8-9,12H,6-7H2,1-2H3/t8?,9-/m0/s1. The van der Waals surface area contributed by atoms with Crippen LogP contribution < -0.4 is 4.72 Å². The molecule has 92 valence electrons. The van der Waals surface area contributed by atoms with E-state index in [2.05, 4.69) is 4.72 Å². The minimum absolute atomic E-state index is 0.0293. The molecule has 1 aromatic rings. The zero-order chi connectivity index (χ0) is 12.2. The number of sulfonamides is 1. The Morgan fingerprint density at radius 2 is 2.19 bits per heavy atom. The van der Waals surface area contributed by atoms with Gasteiger partial charge in [0, 0.05) is 5.88 Å². The highest BCUT2D eigenvalue weighted by Crippen LogP contribution is 2.14. The van der Waals surface area contributed by atoms with Gasteiger partial charge in [0.2, 0.25) is 10.0 Å². The van der Waals surface area contributed by atoms with Crippen molar-refractivity contribution >= 4 is 21.6 Å². The first-order valence-electron chi connectivity index (χ1n) is 5.04. The van der Waals surface area contributed by atoms with Gasteiger partial charge in [-0.2, -0.15) is 0 Å². The highest BCUT2D eigenvalue weighted by atomic mass is 35.5. The lowest BCUT2D eigenvalue weighted by Gasteiger charge is -2.14. The molecule has 0 radical (unpaired) electrons. The number of hydrogen-bond acceptors (Lipinski definition) is 3. The maximum atomic E-state index is 11.7. The van der Waals surface area contributed by atoms with Gasteiger partial charge in [0.05, 0.1) is 18.1 Å². The van der Waals surface area contributed by atoms with Gasteiger partial charge in [-0.15, -0.1) is 11.6 Å². The van der Waals surface area contributed by atoms with Gasteiger partial charge in [0.15, 0.2) is 0 Å². The second-order valence-corrected chi connectivity index (χ2v) is 6.00. The lowest BCUT2D eigenvalue weighted by Crippen LogP contribution is -2.31. The summed E-state index contributed by atoms with van der Waals surface area (Å²) in [4.78, 5) is 0. The van der Waals surface area contributed by atoms with Crippen molar-refractivity contribution in [2.24, 2.45) is 5.92 Å². The SMILES string of the molecule is CC(CCl)CS(=O)(=O)N[C@@H](C)c1ccco1. The quantitative estimate of drug-likeness (QED) is 0.802. The topological polar surface area (TPSA) is 59.3 Å². The molecule has 16 heavy (non-hydrogen) atoms. The fraction of sp³-hybridized carbons (Fsp3) is 0.600. The van der Waals surface area contributed by atoms with Gasteiger partial charge in [-0.25, -0.2) is 13.1 Å². The van der Waals surface area contributed by atoms with Crippen molar-refractivity contribution in [3.05, 3.63) is 24.2 Å². The molecule has 0 fully saturated rings. The smallest absolute Gasteiger partial charge is 0.212 e. The molecule has 1 rings (SSSR count). The molecule has 6 heteroatoms. The van der Waals surface area contributed by atoms with Gasteiger partial charge in [-0.1, -0.05) is 6.92 Å². The summed E-state index contributed by atoms with van der Waals surface area (Å²) in [6, 6.07) is 3.10. The summed E-state index contributed by atoms with van der Waals surface area (Å²) in [5, 5.41) is 0. The Labute approximate surface area is 101 Å². The zero-order valence-corrected chi connectivity index (χ0v) is 10.9. The molecule has 0 saturated heterocycles. The van der Waals surface area contributed by atoms with Crippen LogP contribution in [0.4, 0.5) is 0 Å². The van der Waals surface area contributed by atoms with E-state index in [-0.39, 0.29) is 17.7 Å². The van der Waals surface area contributed by atoms with Gasteiger partial charge in [0.1, 0.15) is 5.76 Å². The molecule has 0 amide bonds. The summed E-state index contributed by atoms with van der Waals surface area (Å²) in [5.74, 6) is 0.891. The summed E-state index contributed by atoms with van der Waals surface area (Å²) in [7, 11) is -3.31. The van der Waals surface area contributed by atoms with E-state index in [4.69, 9.17) is 16.0 Å². The first-order valence-corrected chi connectivity index (χ1v) is 7.22. The van der Waals surface area contributed by atoms with Crippen LogP contribution in [-0.2, 0) is 10.0 Å². The molecule has 1 unspecified atom stereocenters. The van der Waals surface area contributed by atoms with E-state index in [1.807, 2.05) is 0 Å². The molecule has 1 heterocycles. The van der Waals surface area contributed by atoms with Gasteiger partial charge < -0.3 is 4.42 Å². The van der Waals surface area contributed by atoms with Crippen molar-refractivity contribution in [2.45, 2.75) is 19.9 Å². The molecular formula is C10H16ClNO3S. The zero-order valence-electron chi connectivity index (χ0n) is 9.31. The summed E-state index contributed by atoms with van der Waals surface area (Å²) < 4.78 is 31.1. The molecule has 2 atom stereocenters. The van der Waals surface area contributed by atoms with E-state index in [1.54, 1.807) is 26.0 Å². The molecule has 0 bridgehead atoms. The van der Waals surface area contributed by atoms with Crippen molar-refractivity contribution in [1.29, 1.82) is 0 Å². The van der Waals surface area contributed by atoms with Crippen molar-refractivity contribution in [3.8, 4) is 0 Å². The molecule has 0 saturated carbocycles. The lowest BCUT2D eigenvalue weighted by molar-refractivity contribution is 0.458. The van der Waals surface area contributed by atoms with Crippen LogP contribution in [0.3, 0.4) is 0 Å². The number of nitrogens with one attached hydrogen (secondary N) is 1. The van der Waals surface area contributed by atoms with Crippen LogP contribution in [0.25, 0.3) is 0 Å². The summed E-state index contributed by atoms with van der Waals surface area (Å²) in [6.45, 7) is 3.53. The van der Waals surface area contributed by atoms with Crippen molar-refractivity contribution in [3.63, 3.8) is 0 Å². The average Bonchev–Trinajstić information content (AvgIpc) is 2.68. The van der Waals surface area contributed by atoms with Crippen molar-refractivity contribution in [2.75, 3.05) is 11.6 Å². The molecule has 0 aromatic carbocycles.